The summed E-state index contributed by atoms with van der Waals surface area (Å²) in [7, 11) is 0. The van der Waals surface area contributed by atoms with Crippen molar-refractivity contribution in [3.8, 4) is 11.3 Å². The molecule has 0 saturated carbocycles. The van der Waals surface area contributed by atoms with Crippen LogP contribution in [0.5, 0.6) is 0 Å². The molecule has 0 saturated heterocycles. The molecule has 7 heteroatoms. The molecule has 2 aromatic carbocycles. The van der Waals surface area contributed by atoms with Crippen molar-refractivity contribution in [2.45, 2.75) is 46.1 Å². The number of halogens is 1. The first kappa shape index (κ1) is 20.3. The van der Waals surface area contributed by atoms with Crippen LogP contribution in [-0.4, -0.2) is 25.7 Å². The van der Waals surface area contributed by atoms with Gasteiger partial charge in [0, 0.05) is 34.9 Å². The molecule has 4 rings (SSSR count). The lowest BCUT2D eigenvalue weighted by Crippen LogP contribution is -2.07. The van der Waals surface area contributed by atoms with E-state index in [9.17, 15) is 4.79 Å². The van der Waals surface area contributed by atoms with Gasteiger partial charge in [-0.2, -0.15) is 10.1 Å². The van der Waals surface area contributed by atoms with Gasteiger partial charge in [-0.05, 0) is 39.0 Å². The third kappa shape index (κ3) is 3.75. The third-order valence-corrected chi connectivity index (χ3v) is 5.43. The van der Waals surface area contributed by atoms with Crippen molar-refractivity contribution in [1.82, 2.24) is 19.9 Å². The zero-order chi connectivity index (χ0) is 21.4. The normalized spacial score (nSPS) is 12.6. The van der Waals surface area contributed by atoms with Gasteiger partial charge in [0.1, 0.15) is 5.69 Å². The van der Waals surface area contributed by atoms with Gasteiger partial charge in [-0.3, -0.25) is 9.48 Å². The van der Waals surface area contributed by atoms with Crippen LogP contribution in [0, 0.1) is 6.92 Å². The number of carbonyl (C=O) groups is 1. The molecule has 1 atom stereocenters. The Kier molecular flexibility index (Phi) is 5.43. The van der Waals surface area contributed by atoms with E-state index in [0.717, 1.165) is 22.2 Å². The Morgan fingerprint density at radius 1 is 1.17 bits per heavy atom. The van der Waals surface area contributed by atoms with Gasteiger partial charge >= 0.3 is 0 Å². The van der Waals surface area contributed by atoms with Gasteiger partial charge in [-0.25, -0.2) is 0 Å². The van der Waals surface area contributed by atoms with Crippen molar-refractivity contribution >= 4 is 28.3 Å². The van der Waals surface area contributed by atoms with Gasteiger partial charge in [0.05, 0.1) is 10.5 Å². The van der Waals surface area contributed by atoms with Gasteiger partial charge < -0.3 is 4.52 Å². The SMILES string of the molecule is Cc1noc([C@@H](C)CC(=O)c2ccc3c(-c4ccccc4Cl)nn(C(C)C)c3c2)n1. The highest BCUT2D eigenvalue weighted by Gasteiger charge is 2.21. The van der Waals surface area contributed by atoms with Gasteiger partial charge in [0.25, 0.3) is 0 Å². The van der Waals surface area contributed by atoms with E-state index < -0.39 is 0 Å². The molecule has 0 aliphatic rings. The Morgan fingerprint density at radius 3 is 2.60 bits per heavy atom. The molecular weight excluding hydrogens is 400 g/mol. The Morgan fingerprint density at radius 2 is 1.93 bits per heavy atom. The lowest BCUT2D eigenvalue weighted by atomic mass is 9.98. The molecule has 0 unspecified atom stereocenters. The van der Waals surface area contributed by atoms with E-state index in [1.165, 1.54) is 0 Å². The first-order valence-corrected chi connectivity index (χ1v) is 10.3. The maximum atomic E-state index is 13.0. The Labute approximate surface area is 179 Å². The largest absolute Gasteiger partial charge is 0.339 e. The highest BCUT2D eigenvalue weighted by molar-refractivity contribution is 6.33. The average molecular weight is 423 g/mol. The minimum absolute atomic E-state index is 0.0241. The fourth-order valence-corrected chi connectivity index (χ4v) is 3.78. The Bertz CT molecular complexity index is 1230. The molecule has 2 heterocycles. The number of hydrogen-bond acceptors (Lipinski definition) is 5. The standard InChI is InChI=1S/C23H23ClN4O2/c1-13(2)28-20-12-16(21(29)11-14(3)23-25-15(4)27-30-23)9-10-18(20)22(26-28)17-7-5-6-8-19(17)24/h5-10,12-14H,11H2,1-4H3/t14-/m0/s1. The number of hydrogen-bond donors (Lipinski definition) is 0. The molecule has 154 valence electrons. The molecule has 30 heavy (non-hydrogen) atoms. The second-order valence-electron chi connectivity index (χ2n) is 7.81. The van der Waals surface area contributed by atoms with Crippen molar-refractivity contribution < 1.29 is 9.32 Å². The molecule has 0 spiro atoms. The summed E-state index contributed by atoms with van der Waals surface area (Å²) in [4.78, 5) is 17.2. The van der Waals surface area contributed by atoms with E-state index in [1.54, 1.807) is 6.92 Å². The smallest absolute Gasteiger partial charge is 0.229 e. The first-order valence-electron chi connectivity index (χ1n) is 9.95. The molecule has 0 bridgehead atoms. The van der Waals surface area contributed by atoms with E-state index >= 15 is 0 Å². The van der Waals surface area contributed by atoms with Crippen LogP contribution in [0.2, 0.25) is 5.02 Å². The number of nitrogens with zero attached hydrogens (tertiary/aromatic N) is 4. The maximum Gasteiger partial charge on any atom is 0.229 e. The molecule has 0 fully saturated rings. The van der Waals surface area contributed by atoms with Crippen molar-refractivity contribution in [2.75, 3.05) is 0 Å². The maximum absolute atomic E-state index is 13.0. The summed E-state index contributed by atoms with van der Waals surface area (Å²) in [5.74, 6) is 0.924. The van der Waals surface area contributed by atoms with Crippen LogP contribution in [0.4, 0.5) is 0 Å². The number of aryl methyl sites for hydroxylation is 1. The second-order valence-corrected chi connectivity index (χ2v) is 8.21. The molecule has 6 nitrogen and oxygen atoms in total. The number of aromatic nitrogens is 4. The topological polar surface area (TPSA) is 73.8 Å². The van der Waals surface area contributed by atoms with E-state index in [4.69, 9.17) is 21.2 Å². The number of benzene rings is 2. The minimum Gasteiger partial charge on any atom is -0.339 e. The van der Waals surface area contributed by atoms with Gasteiger partial charge in [0.2, 0.25) is 5.89 Å². The number of rotatable bonds is 6. The van der Waals surface area contributed by atoms with E-state index in [-0.39, 0.29) is 17.7 Å². The zero-order valence-electron chi connectivity index (χ0n) is 17.4. The highest BCUT2D eigenvalue weighted by atomic mass is 35.5. The first-order chi connectivity index (χ1) is 14.3. The van der Waals surface area contributed by atoms with Crippen molar-refractivity contribution in [3.05, 3.63) is 64.8 Å². The minimum atomic E-state index is -0.150. The van der Waals surface area contributed by atoms with E-state index in [0.29, 0.717) is 28.7 Å². The number of ketones is 1. The quantitative estimate of drug-likeness (QED) is 0.356. The summed E-state index contributed by atoms with van der Waals surface area (Å²) in [5.41, 5.74) is 3.24. The van der Waals surface area contributed by atoms with Crippen LogP contribution in [0.1, 0.15) is 61.2 Å². The lowest BCUT2D eigenvalue weighted by molar-refractivity contribution is 0.0971. The van der Waals surface area contributed by atoms with Crippen LogP contribution in [0.25, 0.3) is 22.2 Å². The zero-order valence-corrected chi connectivity index (χ0v) is 18.1. The predicted molar refractivity (Wildman–Crippen MR) is 117 cm³/mol. The molecule has 0 aliphatic heterocycles. The fraction of sp³-hybridized carbons (Fsp3) is 0.304. The Hall–Kier alpha value is -2.99. The van der Waals surface area contributed by atoms with Crippen LogP contribution in [-0.2, 0) is 0 Å². The summed E-state index contributed by atoms with van der Waals surface area (Å²) in [6.45, 7) is 7.81. The van der Waals surface area contributed by atoms with Crippen LogP contribution < -0.4 is 0 Å². The van der Waals surface area contributed by atoms with Gasteiger partial charge in [0.15, 0.2) is 11.6 Å². The number of fused-ring (bicyclic) bond motifs is 1. The molecule has 0 aliphatic carbocycles. The van der Waals surface area contributed by atoms with Crippen molar-refractivity contribution in [1.29, 1.82) is 0 Å². The van der Waals surface area contributed by atoms with Crippen molar-refractivity contribution in [2.24, 2.45) is 0 Å². The van der Waals surface area contributed by atoms with E-state index in [1.807, 2.05) is 54.1 Å². The third-order valence-electron chi connectivity index (χ3n) is 5.10. The van der Waals surface area contributed by atoms with Crippen LogP contribution in [0.15, 0.2) is 47.0 Å². The molecule has 0 radical (unpaired) electrons. The summed E-state index contributed by atoms with van der Waals surface area (Å²) in [6.07, 6.45) is 0.292. The predicted octanol–water partition coefficient (Wildman–Crippen LogP) is 6.01. The molecule has 4 aromatic rings. The number of Topliss-reactive ketones (excluding diaryl/α,β-unsaturated/α-hetero) is 1. The fourth-order valence-electron chi connectivity index (χ4n) is 3.55. The average Bonchev–Trinajstić information content (AvgIpc) is 3.32. The number of carbonyl (C=O) groups excluding carboxylic acids is 1. The second kappa shape index (κ2) is 8.03. The van der Waals surface area contributed by atoms with Crippen molar-refractivity contribution in [3.63, 3.8) is 0 Å². The van der Waals surface area contributed by atoms with Gasteiger partial charge in [-0.1, -0.05) is 47.9 Å². The summed E-state index contributed by atoms with van der Waals surface area (Å²) in [5, 5.41) is 10.2. The molecule has 0 N–H and O–H groups in total. The monoisotopic (exact) mass is 422 g/mol. The summed E-state index contributed by atoms with van der Waals surface area (Å²) >= 11 is 6.42. The molecule has 2 aromatic heterocycles. The summed E-state index contributed by atoms with van der Waals surface area (Å²) in [6, 6.07) is 13.5. The molecular formula is C23H23ClN4O2. The highest BCUT2D eigenvalue weighted by Crippen LogP contribution is 2.34. The summed E-state index contributed by atoms with van der Waals surface area (Å²) < 4.78 is 7.15. The van der Waals surface area contributed by atoms with Gasteiger partial charge in [-0.15, -0.1) is 0 Å². The lowest BCUT2D eigenvalue weighted by Gasteiger charge is -2.09. The molecule has 0 amide bonds. The van der Waals surface area contributed by atoms with E-state index in [2.05, 4.69) is 24.0 Å². The Balaban J connectivity index is 1.72. The van der Waals surface area contributed by atoms with Crippen LogP contribution in [0.3, 0.4) is 0 Å². The van der Waals surface area contributed by atoms with Crippen LogP contribution >= 0.6 is 11.6 Å².